The minimum absolute atomic E-state index is 0.0480. The first-order chi connectivity index (χ1) is 14.3. The molecule has 2 atom stereocenters. The topological polar surface area (TPSA) is 127 Å². The van der Waals surface area contributed by atoms with E-state index in [2.05, 4.69) is 5.32 Å². The summed E-state index contributed by atoms with van der Waals surface area (Å²) in [5.41, 5.74) is 7.15. The molecule has 2 aromatic rings. The smallest absolute Gasteiger partial charge is 0.330 e. The second-order valence-electron chi connectivity index (χ2n) is 6.73. The van der Waals surface area contributed by atoms with Gasteiger partial charge in [0.1, 0.15) is 5.84 Å². The monoisotopic (exact) mass is 415 g/mol. The van der Waals surface area contributed by atoms with Crippen LogP contribution in [0.4, 0.5) is 5.69 Å². The molecule has 2 rings (SSSR count). The number of carboxylic acids is 1. The van der Waals surface area contributed by atoms with Crippen LogP contribution in [0, 0.1) is 5.41 Å². The Balaban J connectivity index is 2.21. The van der Waals surface area contributed by atoms with E-state index < -0.39 is 12.0 Å². The Bertz CT molecular complexity index is 854. The van der Waals surface area contributed by atoms with Gasteiger partial charge in [0.25, 0.3) is 0 Å². The van der Waals surface area contributed by atoms with E-state index in [1.807, 2.05) is 13.8 Å². The number of ether oxygens (including phenoxy) is 3. The number of nitrogens with two attached hydrogens (primary N) is 1. The highest BCUT2D eigenvalue weighted by molar-refractivity contribution is 5.95. The quantitative estimate of drug-likeness (QED) is 0.309. The summed E-state index contributed by atoms with van der Waals surface area (Å²) >= 11 is 0. The number of rotatable bonds is 12. The van der Waals surface area contributed by atoms with Crippen LogP contribution in [0.3, 0.4) is 0 Å². The second-order valence-corrected chi connectivity index (χ2v) is 6.73. The van der Waals surface area contributed by atoms with Crippen LogP contribution in [0.15, 0.2) is 42.5 Å². The van der Waals surface area contributed by atoms with Crippen molar-refractivity contribution < 1.29 is 24.1 Å². The Morgan fingerprint density at radius 3 is 2.43 bits per heavy atom. The van der Waals surface area contributed by atoms with E-state index in [-0.39, 0.29) is 11.9 Å². The van der Waals surface area contributed by atoms with Gasteiger partial charge in [0.05, 0.1) is 19.3 Å². The first-order valence-corrected chi connectivity index (χ1v) is 9.71. The lowest BCUT2D eigenvalue weighted by Crippen LogP contribution is -2.21. The molecule has 0 aromatic heterocycles. The van der Waals surface area contributed by atoms with Crippen molar-refractivity contribution in [1.29, 1.82) is 5.41 Å². The van der Waals surface area contributed by atoms with Gasteiger partial charge >= 0.3 is 5.97 Å². The molecule has 5 N–H and O–H groups in total. The number of amidine groups is 1. The van der Waals surface area contributed by atoms with Crippen molar-refractivity contribution in [2.24, 2.45) is 5.73 Å². The van der Waals surface area contributed by atoms with Gasteiger partial charge in [0.15, 0.2) is 17.5 Å². The molecule has 0 amide bonds. The molecule has 0 aliphatic rings. The average Bonchev–Trinajstić information content (AvgIpc) is 2.73. The number of carbonyl (C=O) groups is 1. The third-order valence-electron chi connectivity index (χ3n) is 4.54. The summed E-state index contributed by atoms with van der Waals surface area (Å²) in [5.74, 6) is -0.0391. The zero-order chi connectivity index (χ0) is 22.1. The van der Waals surface area contributed by atoms with Crippen LogP contribution in [0.5, 0.6) is 11.5 Å². The van der Waals surface area contributed by atoms with Crippen LogP contribution in [0.25, 0.3) is 0 Å². The summed E-state index contributed by atoms with van der Waals surface area (Å²) in [6, 6.07) is 10.8. The van der Waals surface area contributed by atoms with Gasteiger partial charge in [-0.25, -0.2) is 4.79 Å². The van der Waals surface area contributed by atoms with E-state index >= 15 is 0 Å². The van der Waals surface area contributed by atoms with Crippen LogP contribution < -0.4 is 20.5 Å². The summed E-state index contributed by atoms with van der Waals surface area (Å²) < 4.78 is 16.7. The Morgan fingerprint density at radius 1 is 1.17 bits per heavy atom. The number of hydrogen-bond donors (Lipinski definition) is 4. The lowest BCUT2D eigenvalue weighted by molar-refractivity contribution is -0.138. The van der Waals surface area contributed by atoms with Gasteiger partial charge < -0.3 is 30.4 Å². The van der Waals surface area contributed by atoms with E-state index in [9.17, 15) is 9.90 Å². The largest absolute Gasteiger partial charge is 0.490 e. The zero-order valence-corrected chi connectivity index (χ0v) is 17.5. The highest BCUT2D eigenvalue weighted by atomic mass is 16.5. The van der Waals surface area contributed by atoms with Crippen LogP contribution in [-0.2, 0) is 9.53 Å². The summed E-state index contributed by atoms with van der Waals surface area (Å²) in [7, 11) is 1.65. The number of anilines is 1. The standard InChI is InChI=1S/C22H29N3O5/c1-4-29-19-13-16(7-10-18(19)30-12-11-14(2)28-3)20(22(26)27)25-17-8-5-15(6-9-17)21(23)24/h5-10,13-14,20,25H,4,11-12H2,1-3H3,(H3,23,24)(H,26,27)/t14-,20+/m0/s1. The average molecular weight is 415 g/mol. The van der Waals surface area contributed by atoms with Crippen molar-refractivity contribution in [1.82, 2.24) is 0 Å². The highest BCUT2D eigenvalue weighted by Crippen LogP contribution is 2.32. The molecule has 0 aliphatic heterocycles. The Kier molecular flexibility index (Phi) is 8.49. The Labute approximate surface area is 176 Å². The fourth-order valence-electron chi connectivity index (χ4n) is 2.74. The van der Waals surface area contributed by atoms with Crippen LogP contribution >= 0.6 is 0 Å². The van der Waals surface area contributed by atoms with Gasteiger partial charge in [-0.15, -0.1) is 0 Å². The number of nitrogens with one attached hydrogen (secondary N) is 2. The third-order valence-corrected chi connectivity index (χ3v) is 4.54. The second kappa shape index (κ2) is 11.1. The zero-order valence-electron chi connectivity index (χ0n) is 17.5. The fourth-order valence-corrected chi connectivity index (χ4v) is 2.74. The molecule has 0 unspecified atom stereocenters. The van der Waals surface area contributed by atoms with E-state index in [4.69, 9.17) is 25.4 Å². The van der Waals surface area contributed by atoms with Gasteiger partial charge in [0.2, 0.25) is 0 Å². The molecule has 8 nitrogen and oxygen atoms in total. The van der Waals surface area contributed by atoms with Crippen molar-refractivity contribution in [2.45, 2.75) is 32.4 Å². The highest BCUT2D eigenvalue weighted by Gasteiger charge is 2.22. The number of nitrogen functional groups attached to an aromatic ring is 1. The van der Waals surface area contributed by atoms with E-state index in [0.717, 1.165) is 6.42 Å². The summed E-state index contributed by atoms with van der Waals surface area (Å²) in [6.07, 6.45) is 0.800. The predicted octanol–water partition coefficient (Wildman–Crippen LogP) is 3.41. The maximum atomic E-state index is 11.9. The fraction of sp³-hybridized carbons (Fsp3) is 0.364. The Morgan fingerprint density at radius 2 is 1.87 bits per heavy atom. The molecular weight excluding hydrogens is 386 g/mol. The van der Waals surface area contributed by atoms with Gasteiger partial charge in [-0.1, -0.05) is 6.07 Å². The molecule has 162 valence electrons. The maximum Gasteiger partial charge on any atom is 0.330 e. The third kappa shape index (κ3) is 6.38. The van der Waals surface area contributed by atoms with Crippen molar-refractivity contribution >= 4 is 17.5 Å². The molecule has 30 heavy (non-hydrogen) atoms. The van der Waals surface area contributed by atoms with Gasteiger partial charge in [0, 0.05) is 24.8 Å². The number of carboxylic acid groups (broad SMARTS) is 1. The minimum atomic E-state index is -1.03. The molecule has 0 saturated carbocycles. The molecule has 0 spiro atoms. The first kappa shape index (κ1) is 23.0. The minimum Gasteiger partial charge on any atom is -0.490 e. The van der Waals surface area contributed by atoms with E-state index in [0.29, 0.717) is 41.5 Å². The van der Waals surface area contributed by atoms with Crippen molar-refractivity contribution in [3.05, 3.63) is 53.6 Å². The molecule has 2 aromatic carbocycles. The van der Waals surface area contributed by atoms with Crippen molar-refractivity contribution in [3.63, 3.8) is 0 Å². The van der Waals surface area contributed by atoms with Gasteiger partial charge in [-0.05, 0) is 55.8 Å². The van der Waals surface area contributed by atoms with Crippen LogP contribution in [0.2, 0.25) is 0 Å². The normalized spacial score (nSPS) is 12.6. The predicted molar refractivity (Wildman–Crippen MR) is 116 cm³/mol. The Hall–Kier alpha value is -3.26. The lowest BCUT2D eigenvalue weighted by atomic mass is 10.1. The molecule has 0 fully saturated rings. The first-order valence-electron chi connectivity index (χ1n) is 9.71. The van der Waals surface area contributed by atoms with Crippen LogP contribution in [-0.4, -0.2) is 43.3 Å². The molecule has 0 aliphatic carbocycles. The van der Waals surface area contributed by atoms with E-state index in [1.165, 1.54) is 0 Å². The van der Waals surface area contributed by atoms with Crippen molar-refractivity contribution in [3.8, 4) is 11.5 Å². The number of benzene rings is 2. The molecular formula is C22H29N3O5. The summed E-state index contributed by atoms with van der Waals surface area (Å²) in [5, 5.41) is 20.2. The SMILES string of the molecule is CCOc1cc([C@@H](Nc2ccc(C(=N)N)cc2)C(=O)O)ccc1OCC[C@H](C)OC. The maximum absolute atomic E-state index is 11.9. The van der Waals surface area contributed by atoms with E-state index in [1.54, 1.807) is 49.6 Å². The number of methoxy groups -OCH3 is 1. The molecule has 0 radical (unpaired) electrons. The summed E-state index contributed by atoms with van der Waals surface area (Å²) in [4.78, 5) is 11.9. The molecule has 0 saturated heterocycles. The van der Waals surface area contributed by atoms with Gasteiger partial charge in [-0.2, -0.15) is 0 Å². The molecule has 0 bridgehead atoms. The number of hydrogen-bond acceptors (Lipinski definition) is 6. The van der Waals surface area contributed by atoms with Crippen LogP contribution in [0.1, 0.15) is 37.4 Å². The van der Waals surface area contributed by atoms with Crippen molar-refractivity contribution in [2.75, 3.05) is 25.6 Å². The molecule has 0 heterocycles. The van der Waals surface area contributed by atoms with Gasteiger partial charge in [-0.3, -0.25) is 5.41 Å². The summed E-state index contributed by atoms with van der Waals surface area (Å²) in [6.45, 7) is 4.69. The molecule has 8 heteroatoms. The lowest BCUT2D eigenvalue weighted by Gasteiger charge is -2.19. The number of aliphatic carboxylic acids is 1.